The first-order valence-electron chi connectivity index (χ1n) is 8.08. The Labute approximate surface area is 141 Å². The molecule has 1 fully saturated rings. The zero-order chi connectivity index (χ0) is 16.9. The number of hydrogen-bond acceptors (Lipinski definition) is 4. The molecule has 1 aliphatic carbocycles. The Morgan fingerprint density at radius 3 is 2.33 bits per heavy atom. The highest BCUT2D eigenvalue weighted by atomic mass is 16.1. The van der Waals surface area contributed by atoms with Crippen molar-refractivity contribution in [2.24, 2.45) is 0 Å². The first-order valence-corrected chi connectivity index (χ1v) is 8.08. The summed E-state index contributed by atoms with van der Waals surface area (Å²) in [4.78, 5) is 19.6. The van der Waals surface area contributed by atoms with Gasteiger partial charge >= 0.3 is 0 Å². The number of carbonyl (C=O) groups is 1. The standard InChI is InChI=1S/C19H20N4O/c1-13(22-14(2)24)17-7-5-15(6-8-17)3-4-16-11-20-19(21-12-16)23-18-9-10-18/h5-8,11-13,18H,9-10H2,1-2H3,(H,22,24)(H,20,21,23)/t13-/m0/s1. The molecule has 3 rings (SSSR count). The van der Waals surface area contributed by atoms with Gasteiger partial charge in [0.15, 0.2) is 0 Å². The van der Waals surface area contributed by atoms with Gasteiger partial charge in [0.1, 0.15) is 0 Å². The molecule has 1 atom stereocenters. The number of benzene rings is 1. The van der Waals surface area contributed by atoms with Crippen molar-refractivity contribution >= 4 is 11.9 Å². The molecule has 0 spiro atoms. The van der Waals surface area contributed by atoms with E-state index in [1.165, 1.54) is 19.8 Å². The topological polar surface area (TPSA) is 66.9 Å². The Morgan fingerprint density at radius 2 is 1.75 bits per heavy atom. The van der Waals surface area contributed by atoms with Crippen molar-refractivity contribution < 1.29 is 4.79 Å². The number of amides is 1. The lowest BCUT2D eigenvalue weighted by atomic mass is 10.1. The minimum Gasteiger partial charge on any atom is -0.351 e. The summed E-state index contributed by atoms with van der Waals surface area (Å²) < 4.78 is 0. The van der Waals surface area contributed by atoms with Gasteiger partial charge in [0.25, 0.3) is 0 Å². The summed E-state index contributed by atoms with van der Waals surface area (Å²) in [5, 5.41) is 6.11. The predicted octanol–water partition coefficient (Wildman–Crippen LogP) is 2.65. The van der Waals surface area contributed by atoms with E-state index < -0.39 is 0 Å². The van der Waals surface area contributed by atoms with E-state index in [4.69, 9.17) is 0 Å². The molecule has 1 amide bonds. The summed E-state index contributed by atoms with van der Waals surface area (Å²) in [5.74, 6) is 6.80. The molecule has 1 aromatic heterocycles. The SMILES string of the molecule is CC(=O)N[C@@H](C)c1ccc(C#Cc2cnc(NC3CC3)nc2)cc1. The van der Waals surface area contributed by atoms with E-state index in [2.05, 4.69) is 32.4 Å². The van der Waals surface area contributed by atoms with E-state index in [0.29, 0.717) is 12.0 Å². The highest BCUT2D eigenvalue weighted by Crippen LogP contribution is 2.22. The highest BCUT2D eigenvalue weighted by molar-refractivity contribution is 5.73. The van der Waals surface area contributed by atoms with Crippen LogP contribution in [-0.2, 0) is 4.79 Å². The number of nitrogens with one attached hydrogen (secondary N) is 2. The van der Waals surface area contributed by atoms with Crippen LogP contribution in [0.5, 0.6) is 0 Å². The molecular weight excluding hydrogens is 300 g/mol. The maximum Gasteiger partial charge on any atom is 0.222 e. The average Bonchev–Trinajstić information content (AvgIpc) is 3.38. The van der Waals surface area contributed by atoms with Crippen LogP contribution in [0.4, 0.5) is 5.95 Å². The Kier molecular flexibility index (Phi) is 4.76. The van der Waals surface area contributed by atoms with Gasteiger partial charge in [-0.05, 0) is 37.5 Å². The Bertz CT molecular complexity index is 768. The minimum atomic E-state index is -0.0361. The normalized spacial score (nSPS) is 14.2. The van der Waals surface area contributed by atoms with Crippen molar-refractivity contribution in [1.29, 1.82) is 0 Å². The fourth-order valence-corrected chi connectivity index (χ4v) is 2.27. The lowest BCUT2D eigenvalue weighted by Crippen LogP contribution is -2.23. The van der Waals surface area contributed by atoms with Crippen LogP contribution in [0.1, 0.15) is 49.4 Å². The monoisotopic (exact) mass is 320 g/mol. The van der Waals surface area contributed by atoms with E-state index in [9.17, 15) is 4.79 Å². The van der Waals surface area contributed by atoms with Crippen molar-refractivity contribution in [2.45, 2.75) is 38.8 Å². The summed E-state index contributed by atoms with van der Waals surface area (Å²) in [6, 6.07) is 8.38. The van der Waals surface area contributed by atoms with Gasteiger partial charge in [-0.3, -0.25) is 4.79 Å². The molecule has 1 aliphatic rings. The fraction of sp³-hybridized carbons (Fsp3) is 0.316. The molecule has 1 heterocycles. The van der Waals surface area contributed by atoms with Gasteiger partial charge in [-0.25, -0.2) is 9.97 Å². The highest BCUT2D eigenvalue weighted by Gasteiger charge is 2.21. The summed E-state index contributed by atoms with van der Waals surface area (Å²) in [6.07, 6.45) is 5.86. The summed E-state index contributed by atoms with van der Waals surface area (Å²) in [5.41, 5.74) is 2.75. The van der Waals surface area contributed by atoms with Crippen LogP contribution >= 0.6 is 0 Å². The van der Waals surface area contributed by atoms with E-state index >= 15 is 0 Å². The van der Waals surface area contributed by atoms with E-state index in [-0.39, 0.29) is 11.9 Å². The maximum absolute atomic E-state index is 11.1. The van der Waals surface area contributed by atoms with Gasteiger partial charge in [-0.2, -0.15) is 0 Å². The first kappa shape index (κ1) is 16.0. The predicted molar refractivity (Wildman–Crippen MR) is 93.3 cm³/mol. The van der Waals surface area contributed by atoms with E-state index in [1.54, 1.807) is 12.4 Å². The van der Waals surface area contributed by atoms with Crippen LogP contribution in [0.2, 0.25) is 0 Å². The van der Waals surface area contributed by atoms with Gasteiger partial charge in [-0.1, -0.05) is 24.0 Å². The zero-order valence-corrected chi connectivity index (χ0v) is 13.8. The number of carbonyl (C=O) groups excluding carboxylic acids is 1. The number of aromatic nitrogens is 2. The quantitative estimate of drug-likeness (QED) is 0.850. The van der Waals surface area contributed by atoms with E-state index in [1.807, 2.05) is 31.2 Å². The fourth-order valence-electron chi connectivity index (χ4n) is 2.27. The Morgan fingerprint density at radius 1 is 1.12 bits per heavy atom. The van der Waals surface area contributed by atoms with Crippen molar-refractivity contribution in [2.75, 3.05) is 5.32 Å². The molecule has 0 aliphatic heterocycles. The van der Waals surface area contributed by atoms with Crippen molar-refractivity contribution in [3.63, 3.8) is 0 Å². The van der Waals surface area contributed by atoms with Crippen LogP contribution in [-0.4, -0.2) is 21.9 Å². The molecule has 0 radical (unpaired) electrons. The van der Waals surface area contributed by atoms with Gasteiger partial charge in [0.2, 0.25) is 11.9 Å². The second kappa shape index (κ2) is 7.14. The van der Waals surface area contributed by atoms with Crippen LogP contribution in [0, 0.1) is 11.8 Å². The average molecular weight is 320 g/mol. The number of anilines is 1. The third-order valence-electron chi connectivity index (χ3n) is 3.74. The molecule has 122 valence electrons. The Balaban J connectivity index is 1.63. The molecule has 0 bridgehead atoms. The van der Waals surface area contributed by atoms with Crippen LogP contribution < -0.4 is 10.6 Å². The van der Waals surface area contributed by atoms with Crippen molar-refractivity contribution in [3.8, 4) is 11.8 Å². The molecule has 2 aromatic rings. The van der Waals surface area contributed by atoms with Gasteiger partial charge < -0.3 is 10.6 Å². The van der Waals surface area contributed by atoms with Crippen molar-refractivity contribution in [1.82, 2.24) is 15.3 Å². The second-order valence-electron chi connectivity index (χ2n) is 6.01. The third kappa shape index (κ3) is 4.56. The largest absolute Gasteiger partial charge is 0.351 e. The second-order valence-corrected chi connectivity index (χ2v) is 6.01. The van der Waals surface area contributed by atoms with Crippen molar-refractivity contribution in [3.05, 3.63) is 53.3 Å². The van der Waals surface area contributed by atoms with Gasteiger partial charge in [0, 0.05) is 30.9 Å². The smallest absolute Gasteiger partial charge is 0.222 e. The van der Waals surface area contributed by atoms with Crippen LogP contribution in [0.15, 0.2) is 36.7 Å². The molecule has 5 heteroatoms. The lowest BCUT2D eigenvalue weighted by molar-refractivity contribution is -0.119. The molecular formula is C19H20N4O. The summed E-state index contributed by atoms with van der Waals surface area (Å²) in [7, 11) is 0. The first-order chi connectivity index (χ1) is 11.6. The van der Waals surface area contributed by atoms with E-state index in [0.717, 1.165) is 16.7 Å². The molecule has 1 saturated carbocycles. The van der Waals surface area contributed by atoms with Crippen LogP contribution in [0.25, 0.3) is 0 Å². The number of rotatable bonds is 4. The summed E-state index contributed by atoms with van der Waals surface area (Å²) >= 11 is 0. The lowest BCUT2D eigenvalue weighted by Gasteiger charge is -2.12. The number of nitrogens with zero attached hydrogens (tertiary/aromatic N) is 2. The maximum atomic E-state index is 11.1. The molecule has 0 unspecified atom stereocenters. The Hall–Kier alpha value is -2.87. The molecule has 24 heavy (non-hydrogen) atoms. The molecule has 1 aromatic carbocycles. The number of hydrogen-bond donors (Lipinski definition) is 2. The van der Waals surface area contributed by atoms with Gasteiger partial charge in [0.05, 0.1) is 11.6 Å². The molecule has 0 saturated heterocycles. The molecule has 2 N–H and O–H groups in total. The molecule has 5 nitrogen and oxygen atoms in total. The zero-order valence-electron chi connectivity index (χ0n) is 13.8. The third-order valence-corrected chi connectivity index (χ3v) is 3.74. The minimum absolute atomic E-state index is 0.00980. The summed E-state index contributed by atoms with van der Waals surface area (Å²) in [6.45, 7) is 3.47. The van der Waals surface area contributed by atoms with Gasteiger partial charge in [-0.15, -0.1) is 0 Å². The van der Waals surface area contributed by atoms with Crippen LogP contribution in [0.3, 0.4) is 0 Å².